The summed E-state index contributed by atoms with van der Waals surface area (Å²) < 4.78 is 13.5. The number of hydrogen-bond acceptors (Lipinski definition) is 4. The lowest BCUT2D eigenvalue weighted by Gasteiger charge is -2.04. The molecule has 3 aromatic rings. The maximum atomic E-state index is 13.5. The van der Waals surface area contributed by atoms with Crippen molar-refractivity contribution >= 4 is 34.8 Å². The summed E-state index contributed by atoms with van der Waals surface area (Å²) in [6, 6.07) is 14.3. The second-order valence-electron chi connectivity index (χ2n) is 5.55. The van der Waals surface area contributed by atoms with Gasteiger partial charge in [-0.2, -0.15) is 11.8 Å². The highest BCUT2D eigenvalue weighted by atomic mass is 32.2. The summed E-state index contributed by atoms with van der Waals surface area (Å²) in [6.45, 7) is 0.520. The van der Waals surface area contributed by atoms with Crippen LogP contribution in [0.3, 0.4) is 0 Å². The first kappa shape index (κ1) is 18.1. The molecule has 1 N–H and O–H groups in total. The molecule has 0 spiro atoms. The summed E-state index contributed by atoms with van der Waals surface area (Å²) in [5.74, 6) is 0.921. The van der Waals surface area contributed by atoms with Gasteiger partial charge in [-0.25, -0.2) is 9.37 Å². The average molecular weight is 367 g/mol. The Morgan fingerprint density at radius 1 is 1.12 bits per heavy atom. The summed E-state index contributed by atoms with van der Waals surface area (Å²) in [4.78, 5) is 20.6. The number of benzene rings is 2. The van der Waals surface area contributed by atoms with E-state index >= 15 is 0 Å². The van der Waals surface area contributed by atoms with Crippen molar-refractivity contribution in [1.82, 2.24) is 15.3 Å². The van der Waals surface area contributed by atoms with Crippen molar-refractivity contribution in [2.24, 2.45) is 0 Å². The van der Waals surface area contributed by atoms with E-state index in [0.29, 0.717) is 29.3 Å². The lowest BCUT2D eigenvalue weighted by molar-refractivity contribution is -0.116. The molecule has 2 aromatic carbocycles. The van der Waals surface area contributed by atoms with E-state index in [1.807, 2.05) is 30.3 Å². The summed E-state index contributed by atoms with van der Waals surface area (Å²) in [6.07, 6.45) is 4.72. The molecule has 1 aromatic heterocycles. The number of halogens is 1. The van der Waals surface area contributed by atoms with Crippen LogP contribution in [0.4, 0.5) is 4.39 Å². The lowest BCUT2D eigenvalue weighted by atomic mass is 10.2. The smallest absolute Gasteiger partial charge is 0.244 e. The van der Waals surface area contributed by atoms with Crippen LogP contribution in [0.2, 0.25) is 0 Å². The molecule has 0 saturated carbocycles. The molecule has 0 aliphatic carbocycles. The van der Waals surface area contributed by atoms with Crippen molar-refractivity contribution in [3.63, 3.8) is 0 Å². The number of para-hydroxylation sites is 2. The Bertz CT molecular complexity index is 930. The first-order valence-corrected chi connectivity index (χ1v) is 9.37. The van der Waals surface area contributed by atoms with Gasteiger partial charge in [-0.05, 0) is 29.8 Å². The fraction of sp³-hybridized carbons (Fsp3) is 0.150. The summed E-state index contributed by atoms with van der Waals surface area (Å²) >= 11 is 1.58. The monoisotopic (exact) mass is 367 g/mol. The van der Waals surface area contributed by atoms with E-state index < -0.39 is 0 Å². The molecule has 0 aliphatic rings. The third-order valence-corrected chi connectivity index (χ3v) is 4.64. The zero-order valence-corrected chi connectivity index (χ0v) is 14.9. The zero-order chi connectivity index (χ0) is 18.2. The van der Waals surface area contributed by atoms with Gasteiger partial charge >= 0.3 is 0 Å². The minimum absolute atomic E-state index is 0.188. The molecule has 0 bridgehead atoms. The molecule has 0 atom stereocenters. The van der Waals surface area contributed by atoms with E-state index in [-0.39, 0.29) is 11.7 Å². The van der Waals surface area contributed by atoms with Crippen molar-refractivity contribution in [3.8, 4) is 0 Å². The van der Waals surface area contributed by atoms with Crippen LogP contribution >= 0.6 is 11.8 Å². The molecule has 0 unspecified atom stereocenters. The number of carbonyl (C=O) groups is 1. The average Bonchev–Trinajstić information content (AvgIpc) is 2.67. The highest BCUT2D eigenvalue weighted by Gasteiger charge is 2.01. The van der Waals surface area contributed by atoms with Gasteiger partial charge in [0.25, 0.3) is 0 Å². The van der Waals surface area contributed by atoms with Crippen LogP contribution in [0.25, 0.3) is 17.1 Å². The van der Waals surface area contributed by atoms with Crippen LogP contribution in [0.1, 0.15) is 11.3 Å². The van der Waals surface area contributed by atoms with Gasteiger partial charge in [-0.1, -0.05) is 30.3 Å². The number of nitrogens with one attached hydrogen (secondary N) is 1. The predicted molar refractivity (Wildman–Crippen MR) is 104 cm³/mol. The highest BCUT2D eigenvalue weighted by molar-refractivity contribution is 7.98. The van der Waals surface area contributed by atoms with E-state index in [1.165, 1.54) is 12.1 Å². The van der Waals surface area contributed by atoms with Gasteiger partial charge in [0.05, 0.1) is 22.9 Å². The topological polar surface area (TPSA) is 54.9 Å². The van der Waals surface area contributed by atoms with Crippen LogP contribution in [-0.4, -0.2) is 28.2 Å². The quantitative estimate of drug-likeness (QED) is 0.509. The van der Waals surface area contributed by atoms with Crippen molar-refractivity contribution in [2.45, 2.75) is 5.75 Å². The van der Waals surface area contributed by atoms with Crippen LogP contribution in [0.15, 0.2) is 60.8 Å². The van der Waals surface area contributed by atoms with E-state index in [4.69, 9.17) is 0 Å². The number of nitrogens with zero attached hydrogens (tertiary/aromatic N) is 2. The van der Waals surface area contributed by atoms with E-state index in [2.05, 4.69) is 15.3 Å². The molecule has 1 heterocycles. The lowest BCUT2D eigenvalue weighted by Crippen LogP contribution is -2.23. The van der Waals surface area contributed by atoms with E-state index in [9.17, 15) is 9.18 Å². The maximum absolute atomic E-state index is 13.5. The second-order valence-corrected chi connectivity index (χ2v) is 6.66. The molecule has 26 heavy (non-hydrogen) atoms. The number of amides is 1. The van der Waals surface area contributed by atoms with Gasteiger partial charge in [-0.15, -0.1) is 0 Å². The van der Waals surface area contributed by atoms with Gasteiger partial charge in [0.2, 0.25) is 5.91 Å². The Kier molecular flexibility index (Phi) is 6.33. The third kappa shape index (κ3) is 5.13. The third-order valence-electron chi connectivity index (χ3n) is 3.63. The molecule has 1 amide bonds. The summed E-state index contributed by atoms with van der Waals surface area (Å²) in [5.41, 5.74) is 2.92. The van der Waals surface area contributed by atoms with Gasteiger partial charge in [-0.3, -0.25) is 9.78 Å². The van der Waals surface area contributed by atoms with Crippen LogP contribution < -0.4 is 5.32 Å². The molecular formula is C20H18FN3OS. The van der Waals surface area contributed by atoms with Crippen LogP contribution in [0, 0.1) is 5.82 Å². The molecule has 3 rings (SSSR count). The number of thioether (sulfide) groups is 1. The molecule has 132 valence electrons. The number of fused-ring (bicyclic) bond motifs is 1. The van der Waals surface area contributed by atoms with Crippen molar-refractivity contribution in [2.75, 3.05) is 12.3 Å². The predicted octanol–water partition coefficient (Wildman–Crippen LogP) is 3.83. The summed E-state index contributed by atoms with van der Waals surface area (Å²) in [5, 5.41) is 2.80. The molecule has 0 radical (unpaired) electrons. The van der Waals surface area contributed by atoms with Crippen LogP contribution in [-0.2, 0) is 10.5 Å². The van der Waals surface area contributed by atoms with Gasteiger partial charge in [0, 0.05) is 24.1 Å². The second kappa shape index (κ2) is 9.10. The van der Waals surface area contributed by atoms with Crippen LogP contribution in [0.5, 0.6) is 0 Å². The molecule has 0 fully saturated rings. The van der Waals surface area contributed by atoms with Gasteiger partial charge in [0.15, 0.2) is 0 Å². The SMILES string of the molecule is O=C(/C=C/c1cnc2ccccc2n1)NCCSCc1ccccc1F. The Morgan fingerprint density at radius 2 is 1.88 bits per heavy atom. The Balaban J connectivity index is 1.42. The molecule has 6 heteroatoms. The number of aromatic nitrogens is 2. The minimum Gasteiger partial charge on any atom is -0.352 e. The molecule has 0 aliphatic heterocycles. The Hall–Kier alpha value is -2.73. The fourth-order valence-corrected chi connectivity index (χ4v) is 3.16. The largest absolute Gasteiger partial charge is 0.352 e. The van der Waals surface area contributed by atoms with Crippen molar-refractivity contribution < 1.29 is 9.18 Å². The van der Waals surface area contributed by atoms with Crippen molar-refractivity contribution in [3.05, 3.63) is 77.9 Å². The number of hydrogen-bond donors (Lipinski definition) is 1. The maximum Gasteiger partial charge on any atom is 0.244 e. The normalized spacial score (nSPS) is 11.1. The Morgan fingerprint density at radius 3 is 2.73 bits per heavy atom. The first-order valence-electron chi connectivity index (χ1n) is 8.21. The van der Waals surface area contributed by atoms with Crippen molar-refractivity contribution in [1.29, 1.82) is 0 Å². The fourth-order valence-electron chi connectivity index (χ4n) is 2.32. The minimum atomic E-state index is -0.191. The molecule has 4 nitrogen and oxygen atoms in total. The Labute approximate surface area is 155 Å². The summed E-state index contributed by atoms with van der Waals surface area (Å²) in [7, 11) is 0. The van der Waals surface area contributed by atoms with Gasteiger partial charge in [0.1, 0.15) is 5.82 Å². The first-order chi connectivity index (χ1) is 12.7. The zero-order valence-electron chi connectivity index (χ0n) is 14.1. The molecular weight excluding hydrogens is 349 g/mol. The van der Waals surface area contributed by atoms with Gasteiger partial charge < -0.3 is 5.32 Å². The standard InChI is InChI=1S/C20H18FN3OS/c21-17-6-2-1-5-15(17)14-26-12-11-22-20(25)10-9-16-13-23-18-7-3-4-8-19(18)24-16/h1-10,13H,11-12,14H2,(H,22,25)/b10-9+. The molecule has 0 saturated heterocycles. The highest BCUT2D eigenvalue weighted by Crippen LogP contribution is 2.14. The van der Waals surface area contributed by atoms with E-state index in [1.54, 1.807) is 36.2 Å². The number of rotatable bonds is 7. The van der Waals surface area contributed by atoms with E-state index in [0.717, 1.165) is 11.0 Å². The number of carbonyl (C=O) groups excluding carboxylic acids is 1.